The number of carboxylic acids is 1. The maximum Gasteiger partial charge on any atom is 0.332 e. The molecular formula is C11H15NO3. The third-order valence-electron chi connectivity index (χ3n) is 2.37. The minimum atomic E-state index is -1.35. The lowest BCUT2D eigenvalue weighted by atomic mass is 10.0. The van der Waals surface area contributed by atoms with E-state index >= 15 is 0 Å². The van der Waals surface area contributed by atoms with E-state index in [2.05, 4.69) is 0 Å². The fourth-order valence-corrected chi connectivity index (χ4v) is 1.49. The first-order valence-electron chi connectivity index (χ1n) is 4.68. The molecular weight excluding hydrogens is 194 g/mol. The number of aliphatic hydroxyl groups excluding tert-OH is 1. The summed E-state index contributed by atoms with van der Waals surface area (Å²) in [6, 6.07) is 3.60. The maximum atomic E-state index is 10.5. The van der Waals surface area contributed by atoms with Crippen LogP contribution < -0.4 is 5.73 Å². The highest BCUT2D eigenvalue weighted by Gasteiger charge is 2.14. The summed E-state index contributed by atoms with van der Waals surface area (Å²) in [5.41, 5.74) is 9.07. The van der Waals surface area contributed by atoms with Crippen molar-refractivity contribution in [3.63, 3.8) is 0 Å². The fourth-order valence-electron chi connectivity index (χ4n) is 1.49. The average Bonchev–Trinajstić information content (AvgIpc) is 2.13. The van der Waals surface area contributed by atoms with Gasteiger partial charge in [0.1, 0.15) is 0 Å². The number of aliphatic carboxylic acids is 1. The first-order chi connectivity index (χ1) is 6.91. The minimum absolute atomic E-state index is 0.108. The lowest BCUT2D eigenvalue weighted by Gasteiger charge is -2.10. The molecule has 0 radical (unpaired) electrons. The Morgan fingerprint density at radius 3 is 2.27 bits per heavy atom. The second-order valence-electron chi connectivity index (χ2n) is 3.70. The number of hydrogen-bond donors (Lipinski definition) is 3. The minimum Gasteiger partial charge on any atom is -0.479 e. The summed E-state index contributed by atoms with van der Waals surface area (Å²) in [5, 5.41) is 17.8. The zero-order valence-corrected chi connectivity index (χ0v) is 8.82. The van der Waals surface area contributed by atoms with Crippen molar-refractivity contribution in [1.82, 2.24) is 0 Å². The summed E-state index contributed by atoms with van der Waals surface area (Å²) < 4.78 is 0. The first kappa shape index (κ1) is 11.5. The molecule has 0 heterocycles. The van der Waals surface area contributed by atoms with Crippen LogP contribution in [0.3, 0.4) is 0 Å². The molecule has 1 rings (SSSR count). The Labute approximate surface area is 88.3 Å². The molecule has 0 spiro atoms. The molecule has 0 unspecified atom stereocenters. The summed E-state index contributed by atoms with van der Waals surface area (Å²) in [4.78, 5) is 10.5. The van der Waals surface area contributed by atoms with E-state index in [1.807, 2.05) is 13.8 Å². The molecule has 0 aliphatic heterocycles. The van der Waals surface area contributed by atoms with E-state index in [0.29, 0.717) is 5.69 Å². The van der Waals surface area contributed by atoms with Gasteiger partial charge in [0, 0.05) is 12.1 Å². The van der Waals surface area contributed by atoms with E-state index in [1.54, 1.807) is 12.1 Å². The van der Waals surface area contributed by atoms with E-state index in [1.165, 1.54) is 0 Å². The molecule has 0 saturated carbocycles. The van der Waals surface area contributed by atoms with Gasteiger partial charge in [0.2, 0.25) is 0 Å². The van der Waals surface area contributed by atoms with Gasteiger partial charge < -0.3 is 15.9 Å². The molecule has 1 aromatic carbocycles. The molecule has 4 N–H and O–H groups in total. The van der Waals surface area contributed by atoms with E-state index in [9.17, 15) is 9.90 Å². The molecule has 4 heteroatoms. The Hall–Kier alpha value is -1.55. The number of carbonyl (C=O) groups is 1. The van der Waals surface area contributed by atoms with Crippen molar-refractivity contribution < 1.29 is 15.0 Å². The van der Waals surface area contributed by atoms with Gasteiger partial charge in [0.15, 0.2) is 6.10 Å². The molecule has 0 fully saturated rings. The topological polar surface area (TPSA) is 83.5 Å². The highest BCUT2D eigenvalue weighted by molar-refractivity contribution is 5.72. The smallest absolute Gasteiger partial charge is 0.332 e. The summed E-state index contributed by atoms with van der Waals surface area (Å²) in [6.45, 7) is 3.72. The monoisotopic (exact) mass is 209 g/mol. The van der Waals surface area contributed by atoms with Gasteiger partial charge in [-0.15, -0.1) is 0 Å². The Balaban J connectivity index is 2.92. The zero-order chi connectivity index (χ0) is 11.6. The van der Waals surface area contributed by atoms with Crippen molar-refractivity contribution in [1.29, 1.82) is 0 Å². The fraction of sp³-hybridized carbons (Fsp3) is 0.364. The molecule has 1 aromatic rings. The van der Waals surface area contributed by atoms with Gasteiger partial charge in [-0.25, -0.2) is 4.79 Å². The number of aryl methyl sites for hydroxylation is 2. The number of carboxylic acid groups (broad SMARTS) is 1. The van der Waals surface area contributed by atoms with E-state index in [0.717, 1.165) is 16.7 Å². The third-order valence-corrected chi connectivity index (χ3v) is 2.37. The molecule has 0 amide bonds. The van der Waals surface area contributed by atoms with Crippen molar-refractivity contribution in [3.05, 3.63) is 28.8 Å². The van der Waals surface area contributed by atoms with Crippen molar-refractivity contribution in [3.8, 4) is 0 Å². The quantitative estimate of drug-likeness (QED) is 0.645. The van der Waals surface area contributed by atoms with E-state index in [-0.39, 0.29) is 6.42 Å². The van der Waals surface area contributed by atoms with Crippen LogP contribution in [0.5, 0.6) is 0 Å². The molecule has 1 atom stereocenters. The van der Waals surface area contributed by atoms with Gasteiger partial charge in [-0.3, -0.25) is 0 Å². The Kier molecular flexibility index (Phi) is 3.31. The number of hydrogen-bond acceptors (Lipinski definition) is 3. The van der Waals surface area contributed by atoms with Crippen LogP contribution in [0, 0.1) is 13.8 Å². The standard InChI is InChI=1S/C11H15NO3/c1-6-3-8(4-7(2)10(6)12)5-9(13)11(14)15/h3-4,9,13H,5,12H2,1-2H3,(H,14,15)/t9-/m1/s1. The number of aliphatic hydroxyl groups is 1. The van der Waals surface area contributed by atoms with Crippen LogP contribution in [0.15, 0.2) is 12.1 Å². The average molecular weight is 209 g/mol. The molecule has 4 nitrogen and oxygen atoms in total. The van der Waals surface area contributed by atoms with Gasteiger partial charge >= 0.3 is 5.97 Å². The highest BCUT2D eigenvalue weighted by Crippen LogP contribution is 2.19. The van der Waals surface area contributed by atoms with Crippen LogP contribution in [0.4, 0.5) is 5.69 Å². The number of nitrogen functional groups attached to an aromatic ring is 1. The first-order valence-corrected chi connectivity index (χ1v) is 4.68. The summed E-state index contributed by atoms with van der Waals surface area (Å²) in [7, 11) is 0. The third kappa shape index (κ3) is 2.70. The number of nitrogens with two attached hydrogens (primary N) is 1. The summed E-state index contributed by atoms with van der Waals surface area (Å²) in [6.07, 6.45) is -1.25. The van der Waals surface area contributed by atoms with Crippen LogP contribution in [-0.4, -0.2) is 22.3 Å². The molecule has 0 aliphatic rings. The second kappa shape index (κ2) is 4.31. The van der Waals surface area contributed by atoms with Crippen LogP contribution in [-0.2, 0) is 11.2 Å². The number of rotatable bonds is 3. The Bertz CT molecular complexity index is 364. The van der Waals surface area contributed by atoms with E-state index in [4.69, 9.17) is 10.8 Å². The van der Waals surface area contributed by atoms with Gasteiger partial charge in [0.05, 0.1) is 0 Å². The number of anilines is 1. The molecule has 82 valence electrons. The second-order valence-corrected chi connectivity index (χ2v) is 3.70. The summed E-state index contributed by atoms with van der Waals surface area (Å²) >= 11 is 0. The summed E-state index contributed by atoms with van der Waals surface area (Å²) in [5.74, 6) is -1.21. The molecule has 0 aromatic heterocycles. The van der Waals surface area contributed by atoms with Crippen LogP contribution in [0.25, 0.3) is 0 Å². The molecule has 0 saturated heterocycles. The van der Waals surface area contributed by atoms with Gasteiger partial charge in [-0.1, -0.05) is 12.1 Å². The molecule has 15 heavy (non-hydrogen) atoms. The normalized spacial score (nSPS) is 12.5. The SMILES string of the molecule is Cc1cc(C[C@@H](O)C(=O)O)cc(C)c1N. The predicted octanol–water partition coefficient (Wildman–Crippen LogP) is 0.874. The van der Waals surface area contributed by atoms with Gasteiger partial charge in [-0.2, -0.15) is 0 Å². The van der Waals surface area contributed by atoms with E-state index < -0.39 is 12.1 Å². The Morgan fingerprint density at radius 2 is 1.87 bits per heavy atom. The lowest BCUT2D eigenvalue weighted by Crippen LogP contribution is -2.22. The molecule has 0 bridgehead atoms. The van der Waals surface area contributed by atoms with Crippen molar-refractivity contribution in [2.75, 3.05) is 5.73 Å². The van der Waals surface area contributed by atoms with Crippen LogP contribution in [0.1, 0.15) is 16.7 Å². The van der Waals surface area contributed by atoms with Crippen LogP contribution >= 0.6 is 0 Å². The zero-order valence-electron chi connectivity index (χ0n) is 8.82. The van der Waals surface area contributed by atoms with Crippen molar-refractivity contribution in [2.45, 2.75) is 26.4 Å². The van der Waals surface area contributed by atoms with Crippen LogP contribution in [0.2, 0.25) is 0 Å². The van der Waals surface area contributed by atoms with Gasteiger partial charge in [0.25, 0.3) is 0 Å². The lowest BCUT2D eigenvalue weighted by molar-refractivity contribution is -0.146. The van der Waals surface area contributed by atoms with Crippen molar-refractivity contribution >= 4 is 11.7 Å². The largest absolute Gasteiger partial charge is 0.479 e. The maximum absolute atomic E-state index is 10.5. The van der Waals surface area contributed by atoms with Gasteiger partial charge in [-0.05, 0) is 30.5 Å². The molecule has 0 aliphatic carbocycles. The predicted molar refractivity (Wildman–Crippen MR) is 57.7 cm³/mol. The highest BCUT2D eigenvalue weighted by atomic mass is 16.4. The Morgan fingerprint density at radius 1 is 1.40 bits per heavy atom. The van der Waals surface area contributed by atoms with Crippen molar-refractivity contribution in [2.24, 2.45) is 0 Å². The number of benzene rings is 1.